The Balaban J connectivity index is 1.80. The van der Waals surface area contributed by atoms with E-state index in [-0.39, 0.29) is 12.8 Å². The summed E-state index contributed by atoms with van der Waals surface area (Å²) in [6, 6.07) is 9.31. The molecule has 1 saturated carbocycles. The summed E-state index contributed by atoms with van der Waals surface area (Å²) in [4.78, 5) is 35.6. The Morgan fingerprint density at radius 2 is 1.96 bits per heavy atom. The van der Waals surface area contributed by atoms with Crippen molar-refractivity contribution in [3.63, 3.8) is 0 Å². The first-order chi connectivity index (χ1) is 10.9. The molecule has 1 fully saturated rings. The fraction of sp³-hybridized carbons (Fsp3) is 0.375. The number of carbonyl (C=O) groups is 3. The molecule has 7 heteroatoms. The van der Waals surface area contributed by atoms with Crippen molar-refractivity contribution in [3.8, 4) is 0 Å². The Labute approximate surface area is 132 Å². The SMILES string of the molecule is CC1(OC(=O)C2(C(=O)O)CC2)C(=O)NN=C1Cc1ccccc1. The first-order valence-electron chi connectivity index (χ1n) is 7.27. The summed E-state index contributed by atoms with van der Waals surface area (Å²) in [5.41, 5.74) is 0.473. The number of amides is 1. The highest BCUT2D eigenvalue weighted by atomic mass is 16.6. The largest absolute Gasteiger partial charge is 0.480 e. The van der Waals surface area contributed by atoms with Gasteiger partial charge in [0, 0.05) is 6.42 Å². The fourth-order valence-electron chi connectivity index (χ4n) is 2.48. The second-order valence-corrected chi connectivity index (χ2v) is 5.97. The third kappa shape index (κ3) is 2.48. The molecule has 120 valence electrons. The van der Waals surface area contributed by atoms with Gasteiger partial charge in [0.25, 0.3) is 5.91 Å². The lowest BCUT2D eigenvalue weighted by Gasteiger charge is -2.25. The summed E-state index contributed by atoms with van der Waals surface area (Å²) in [5, 5.41) is 13.1. The zero-order valence-corrected chi connectivity index (χ0v) is 12.5. The van der Waals surface area contributed by atoms with Gasteiger partial charge in [0.1, 0.15) is 0 Å². The Morgan fingerprint density at radius 3 is 2.52 bits per heavy atom. The summed E-state index contributed by atoms with van der Waals surface area (Å²) in [6.07, 6.45) is 0.775. The Morgan fingerprint density at radius 1 is 1.30 bits per heavy atom. The number of esters is 1. The molecule has 23 heavy (non-hydrogen) atoms. The van der Waals surface area contributed by atoms with Gasteiger partial charge >= 0.3 is 11.9 Å². The summed E-state index contributed by atoms with van der Waals surface area (Å²) >= 11 is 0. The number of benzene rings is 1. The van der Waals surface area contributed by atoms with Crippen molar-refractivity contribution in [1.29, 1.82) is 0 Å². The molecule has 1 aliphatic carbocycles. The van der Waals surface area contributed by atoms with E-state index in [4.69, 9.17) is 9.84 Å². The second-order valence-electron chi connectivity index (χ2n) is 5.97. The number of aliphatic carboxylic acids is 1. The van der Waals surface area contributed by atoms with Crippen molar-refractivity contribution < 1.29 is 24.2 Å². The highest BCUT2D eigenvalue weighted by Crippen LogP contribution is 2.48. The summed E-state index contributed by atoms with van der Waals surface area (Å²) in [7, 11) is 0. The average molecular weight is 316 g/mol. The molecule has 1 aromatic carbocycles. The van der Waals surface area contributed by atoms with E-state index in [1.807, 2.05) is 30.3 Å². The smallest absolute Gasteiger partial charge is 0.324 e. The van der Waals surface area contributed by atoms with Gasteiger partial charge in [-0.15, -0.1) is 0 Å². The maximum atomic E-state index is 12.2. The van der Waals surface area contributed by atoms with Crippen LogP contribution in [0.5, 0.6) is 0 Å². The molecule has 1 amide bonds. The number of nitrogens with zero attached hydrogens (tertiary/aromatic N) is 1. The number of carboxylic acids is 1. The molecule has 0 spiro atoms. The number of rotatable bonds is 5. The molecule has 1 heterocycles. The minimum Gasteiger partial charge on any atom is -0.480 e. The van der Waals surface area contributed by atoms with Crippen LogP contribution in [0.2, 0.25) is 0 Å². The van der Waals surface area contributed by atoms with E-state index in [0.29, 0.717) is 12.1 Å². The standard InChI is InChI=1S/C16H16N2O5/c1-15(23-14(22)16(7-8-16)13(20)21)11(17-18-12(15)19)9-10-5-3-2-4-6-10/h2-6H,7-9H2,1H3,(H,18,19)(H,20,21). The number of hydrogen-bond donors (Lipinski definition) is 2. The van der Waals surface area contributed by atoms with Gasteiger partial charge in [-0.2, -0.15) is 5.10 Å². The van der Waals surface area contributed by atoms with Crippen LogP contribution >= 0.6 is 0 Å². The summed E-state index contributed by atoms with van der Waals surface area (Å²) in [5.74, 6) is -2.67. The van der Waals surface area contributed by atoms with Crippen LogP contribution in [0.4, 0.5) is 0 Å². The average Bonchev–Trinajstić information content (AvgIpc) is 3.29. The van der Waals surface area contributed by atoms with Gasteiger partial charge in [0.2, 0.25) is 5.60 Å². The van der Waals surface area contributed by atoms with Gasteiger partial charge in [-0.3, -0.25) is 14.4 Å². The van der Waals surface area contributed by atoms with E-state index in [2.05, 4.69) is 10.5 Å². The van der Waals surface area contributed by atoms with E-state index < -0.39 is 28.9 Å². The molecule has 3 rings (SSSR count). The summed E-state index contributed by atoms with van der Waals surface area (Å²) < 4.78 is 5.32. The number of carboxylic acid groups (broad SMARTS) is 1. The number of carbonyl (C=O) groups excluding carboxylic acids is 2. The zero-order chi connectivity index (χ0) is 16.7. The van der Waals surface area contributed by atoms with Crippen molar-refractivity contribution >= 4 is 23.6 Å². The van der Waals surface area contributed by atoms with Crippen molar-refractivity contribution in [1.82, 2.24) is 5.43 Å². The minimum atomic E-state index is -1.59. The lowest BCUT2D eigenvalue weighted by atomic mass is 9.93. The fourth-order valence-corrected chi connectivity index (χ4v) is 2.48. The molecule has 1 atom stereocenters. The third-order valence-corrected chi connectivity index (χ3v) is 4.34. The van der Waals surface area contributed by atoms with Gasteiger partial charge in [-0.25, -0.2) is 5.43 Å². The van der Waals surface area contributed by atoms with Crippen LogP contribution in [0.25, 0.3) is 0 Å². The van der Waals surface area contributed by atoms with Crippen molar-refractivity contribution in [2.24, 2.45) is 10.5 Å². The molecule has 2 aliphatic rings. The molecule has 0 radical (unpaired) electrons. The zero-order valence-electron chi connectivity index (χ0n) is 12.5. The van der Waals surface area contributed by atoms with Crippen LogP contribution in [0.1, 0.15) is 25.3 Å². The Kier molecular flexibility index (Phi) is 3.43. The molecule has 2 N–H and O–H groups in total. The molecule has 7 nitrogen and oxygen atoms in total. The van der Waals surface area contributed by atoms with E-state index in [0.717, 1.165) is 5.56 Å². The van der Waals surface area contributed by atoms with Gasteiger partial charge in [0.05, 0.1) is 5.71 Å². The van der Waals surface area contributed by atoms with Gasteiger partial charge in [-0.05, 0) is 25.3 Å². The first kappa shape index (κ1) is 15.2. The van der Waals surface area contributed by atoms with Crippen LogP contribution in [0.15, 0.2) is 35.4 Å². The maximum absolute atomic E-state index is 12.2. The lowest BCUT2D eigenvalue weighted by molar-refractivity contribution is -0.170. The topological polar surface area (TPSA) is 105 Å². The van der Waals surface area contributed by atoms with Gasteiger partial charge in [-0.1, -0.05) is 30.3 Å². The molecular weight excluding hydrogens is 300 g/mol. The maximum Gasteiger partial charge on any atom is 0.324 e. The lowest BCUT2D eigenvalue weighted by Crippen LogP contribution is -2.49. The highest BCUT2D eigenvalue weighted by molar-refractivity contribution is 6.17. The molecule has 0 aromatic heterocycles. The predicted molar refractivity (Wildman–Crippen MR) is 79.5 cm³/mol. The van der Waals surface area contributed by atoms with E-state index in [1.54, 1.807) is 0 Å². The van der Waals surface area contributed by atoms with Crippen LogP contribution in [0, 0.1) is 5.41 Å². The Bertz CT molecular complexity index is 708. The van der Waals surface area contributed by atoms with Gasteiger partial charge in [0.15, 0.2) is 5.41 Å². The molecule has 1 aromatic rings. The van der Waals surface area contributed by atoms with Gasteiger partial charge < -0.3 is 9.84 Å². The molecule has 0 bridgehead atoms. The van der Waals surface area contributed by atoms with Crippen LogP contribution in [-0.2, 0) is 25.5 Å². The highest BCUT2D eigenvalue weighted by Gasteiger charge is 2.61. The monoisotopic (exact) mass is 316 g/mol. The molecular formula is C16H16N2O5. The van der Waals surface area contributed by atoms with E-state index >= 15 is 0 Å². The summed E-state index contributed by atoms with van der Waals surface area (Å²) in [6.45, 7) is 1.44. The van der Waals surface area contributed by atoms with Crippen molar-refractivity contribution in [3.05, 3.63) is 35.9 Å². The predicted octanol–water partition coefficient (Wildman–Crippen LogP) is 0.882. The molecule has 1 aliphatic heterocycles. The van der Waals surface area contributed by atoms with E-state index in [9.17, 15) is 14.4 Å². The minimum absolute atomic E-state index is 0.226. The molecule has 0 saturated heterocycles. The molecule has 1 unspecified atom stereocenters. The third-order valence-electron chi connectivity index (χ3n) is 4.34. The van der Waals surface area contributed by atoms with Crippen LogP contribution in [-0.4, -0.2) is 34.3 Å². The van der Waals surface area contributed by atoms with Crippen LogP contribution in [0.3, 0.4) is 0 Å². The second kappa shape index (κ2) is 5.19. The van der Waals surface area contributed by atoms with Crippen molar-refractivity contribution in [2.75, 3.05) is 0 Å². The van der Waals surface area contributed by atoms with Crippen molar-refractivity contribution in [2.45, 2.75) is 31.8 Å². The number of hydrogen-bond acceptors (Lipinski definition) is 5. The number of nitrogens with one attached hydrogen (secondary N) is 1. The normalized spacial score (nSPS) is 24.6. The first-order valence-corrected chi connectivity index (χ1v) is 7.27. The van der Waals surface area contributed by atoms with E-state index in [1.165, 1.54) is 6.92 Å². The Hall–Kier alpha value is -2.70. The van der Waals surface area contributed by atoms with Crippen LogP contribution < -0.4 is 5.43 Å². The quantitative estimate of drug-likeness (QED) is 0.620. The number of hydrazone groups is 1. The number of ether oxygens (including phenoxy) is 1.